The molecule has 1 aromatic heterocycles. The predicted octanol–water partition coefficient (Wildman–Crippen LogP) is 0.647. The van der Waals surface area contributed by atoms with E-state index in [-0.39, 0.29) is 11.7 Å². The Bertz CT molecular complexity index is 588. The van der Waals surface area contributed by atoms with E-state index < -0.39 is 10.0 Å². The molecule has 1 saturated heterocycles. The third-order valence-electron chi connectivity index (χ3n) is 3.17. The number of hydrogen-bond donors (Lipinski definition) is 1. The second-order valence-electron chi connectivity index (χ2n) is 4.48. The second-order valence-corrected chi connectivity index (χ2v) is 6.73. The molecule has 1 aliphatic rings. The summed E-state index contributed by atoms with van der Waals surface area (Å²) in [4.78, 5) is 4.10. The minimum Gasteiger partial charge on any atom is -0.369 e. The van der Waals surface area contributed by atoms with E-state index >= 15 is 0 Å². The van der Waals surface area contributed by atoms with Crippen molar-refractivity contribution in [2.45, 2.75) is 6.92 Å². The molecule has 0 aliphatic carbocycles. The molecule has 0 atom stereocenters. The molecule has 1 aromatic rings. The summed E-state index contributed by atoms with van der Waals surface area (Å²) in [5.74, 6) is 0.975. The first kappa shape index (κ1) is 13.8. The van der Waals surface area contributed by atoms with Gasteiger partial charge < -0.3 is 5.32 Å². The van der Waals surface area contributed by atoms with Crippen LogP contribution < -0.4 is 5.32 Å². The second kappa shape index (κ2) is 5.55. The summed E-state index contributed by atoms with van der Waals surface area (Å²) < 4.78 is 24.6. The summed E-state index contributed by atoms with van der Waals surface area (Å²) in [6, 6.07) is 5.48. The lowest BCUT2D eigenvalue weighted by molar-refractivity contribution is 0.212. The maximum Gasteiger partial charge on any atom is 0.213 e. The first-order chi connectivity index (χ1) is 9.06. The minimum absolute atomic E-state index is 0.145. The molecule has 0 bridgehead atoms. The van der Waals surface area contributed by atoms with Crippen molar-refractivity contribution in [3.8, 4) is 6.07 Å². The monoisotopic (exact) mass is 280 g/mol. The van der Waals surface area contributed by atoms with E-state index in [1.807, 2.05) is 0 Å². The Kier molecular flexibility index (Phi) is 4.02. The van der Waals surface area contributed by atoms with Crippen LogP contribution in [0.15, 0.2) is 18.3 Å². The van der Waals surface area contributed by atoms with E-state index in [2.05, 4.69) is 16.4 Å². The highest BCUT2D eigenvalue weighted by molar-refractivity contribution is 7.89. The molecular formula is C12H16N4O2S. The Hall–Kier alpha value is -1.65. The van der Waals surface area contributed by atoms with Gasteiger partial charge in [-0.2, -0.15) is 5.26 Å². The fraction of sp³-hybridized carbons (Fsp3) is 0.500. The van der Waals surface area contributed by atoms with Gasteiger partial charge in [-0.05, 0) is 19.1 Å². The number of nitrogens with one attached hydrogen (secondary N) is 1. The highest BCUT2D eigenvalue weighted by atomic mass is 32.2. The molecule has 1 fully saturated rings. The molecule has 0 radical (unpaired) electrons. The van der Waals surface area contributed by atoms with E-state index in [4.69, 9.17) is 5.26 Å². The van der Waals surface area contributed by atoms with Crippen molar-refractivity contribution in [3.05, 3.63) is 23.9 Å². The van der Waals surface area contributed by atoms with Crippen LogP contribution in [-0.2, 0) is 10.0 Å². The summed E-state index contributed by atoms with van der Waals surface area (Å²) in [6.07, 6.45) is 1.62. The van der Waals surface area contributed by atoms with E-state index in [0.29, 0.717) is 31.0 Å². The number of sulfonamides is 1. The highest BCUT2D eigenvalue weighted by Crippen LogP contribution is 2.20. The molecule has 19 heavy (non-hydrogen) atoms. The standard InChI is InChI=1S/C12H16N4O2S/c1-2-19(17,18)16-8-10(9-16)7-15-12-11(6-13)4-3-5-14-12/h3-5,10H,2,7-9H2,1H3,(H,14,15). The van der Waals surface area contributed by atoms with Gasteiger partial charge in [0, 0.05) is 31.7 Å². The van der Waals surface area contributed by atoms with Gasteiger partial charge in [0.05, 0.1) is 11.3 Å². The smallest absolute Gasteiger partial charge is 0.213 e. The van der Waals surface area contributed by atoms with Gasteiger partial charge >= 0.3 is 0 Å². The van der Waals surface area contributed by atoms with Gasteiger partial charge in [-0.25, -0.2) is 17.7 Å². The van der Waals surface area contributed by atoms with Crippen LogP contribution in [0.25, 0.3) is 0 Å². The quantitative estimate of drug-likeness (QED) is 0.855. The molecule has 7 heteroatoms. The van der Waals surface area contributed by atoms with Gasteiger partial charge in [-0.15, -0.1) is 0 Å². The lowest BCUT2D eigenvalue weighted by Gasteiger charge is -2.38. The number of rotatable bonds is 5. The summed E-state index contributed by atoms with van der Waals surface area (Å²) >= 11 is 0. The normalized spacial score (nSPS) is 16.6. The van der Waals surface area contributed by atoms with Gasteiger partial charge in [0.1, 0.15) is 11.9 Å². The molecule has 0 aromatic carbocycles. The summed E-state index contributed by atoms with van der Waals surface area (Å²) in [7, 11) is -3.05. The van der Waals surface area contributed by atoms with E-state index in [1.54, 1.807) is 25.3 Å². The lowest BCUT2D eigenvalue weighted by atomic mass is 10.0. The zero-order valence-corrected chi connectivity index (χ0v) is 11.5. The van der Waals surface area contributed by atoms with Crippen molar-refractivity contribution in [3.63, 3.8) is 0 Å². The zero-order chi connectivity index (χ0) is 13.9. The molecule has 0 amide bonds. The van der Waals surface area contributed by atoms with Gasteiger partial charge in [0.15, 0.2) is 0 Å². The highest BCUT2D eigenvalue weighted by Gasteiger charge is 2.34. The van der Waals surface area contributed by atoms with Crippen molar-refractivity contribution in [2.24, 2.45) is 5.92 Å². The molecule has 2 rings (SSSR count). The molecule has 2 heterocycles. The van der Waals surface area contributed by atoms with Gasteiger partial charge in [0.25, 0.3) is 0 Å². The fourth-order valence-electron chi connectivity index (χ4n) is 1.94. The van der Waals surface area contributed by atoms with Crippen molar-refractivity contribution in [1.82, 2.24) is 9.29 Å². The number of anilines is 1. The SMILES string of the molecule is CCS(=O)(=O)N1CC(CNc2ncccc2C#N)C1. The molecule has 102 valence electrons. The first-order valence-electron chi connectivity index (χ1n) is 6.13. The average Bonchev–Trinajstić information content (AvgIpc) is 2.37. The average molecular weight is 280 g/mol. The van der Waals surface area contributed by atoms with Gasteiger partial charge in [-0.3, -0.25) is 0 Å². The Morgan fingerprint density at radius 2 is 2.32 bits per heavy atom. The van der Waals surface area contributed by atoms with Crippen LogP contribution in [0, 0.1) is 17.2 Å². The van der Waals surface area contributed by atoms with Gasteiger partial charge in [0.2, 0.25) is 10.0 Å². The van der Waals surface area contributed by atoms with E-state index in [0.717, 1.165) is 0 Å². The maximum absolute atomic E-state index is 11.6. The Morgan fingerprint density at radius 3 is 2.95 bits per heavy atom. The Labute approximate surface area is 113 Å². The lowest BCUT2D eigenvalue weighted by Crippen LogP contribution is -2.52. The Morgan fingerprint density at radius 1 is 1.58 bits per heavy atom. The third-order valence-corrected chi connectivity index (χ3v) is 4.98. The molecule has 6 nitrogen and oxygen atoms in total. The number of nitriles is 1. The molecule has 0 spiro atoms. The number of pyridine rings is 1. The zero-order valence-electron chi connectivity index (χ0n) is 10.7. The molecule has 1 aliphatic heterocycles. The topological polar surface area (TPSA) is 86.1 Å². The van der Waals surface area contributed by atoms with Crippen LogP contribution in [0.4, 0.5) is 5.82 Å². The maximum atomic E-state index is 11.6. The fourth-order valence-corrected chi connectivity index (χ4v) is 3.18. The molecule has 0 unspecified atom stereocenters. The third kappa shape index (κ3) is 3.03. The van der Waals surface area contributed by atoms with E-state index in [1.165, 1.54) is 4.31 Å². The largest absolute Gasteiger partial charge is 0.369 e. The molecular weight excluding hydrogens is 264 g/mol. The van der Waals surface area contributed by atoms with Crippen molar-refractivity contribution < 1.29 is 8.42 Å². The van der Waals surface area contributed by atoms with Crippen molar-refractivity contribution in [2.75, 3.05) is 30.7 Å². The number of hydrogen-bond acceptors (Lipinski definition) is 5. The van der Waals surface area contributed by atoms with Crippen LogP contribution in [-0.4, -0.2) is 43.1 Å². The number of nitrogens with zero attached hydrogens (tertiary/aromatic N) is 3. The van der Waals surface area contributed by atoms with Crippen LogP contribution >= 0.6 is 0 Å². The predicted molar refractivity (Wildman–Crippen MR) is 72.0 cm³/mol. The summed E-state index contributed by atoms with van der Waals surface area (Å²) in [5, 5.41) is 12.0. The minimum atomic E-state index is -3.05. The first-order valence-corrected chi connectivity index (χ1v) is 7.74. The van der Waals surface area contributed by atoms with Crippen LogP contribution in [0.3, 0.4) is 0 Å². The summed E-state index contributed by atoms with van der Waals surface area (Å²) in [5.41, 5.74) is 0.500. The van der Waals surface area contributed by atoms with Crippen LogP contribution in [0.5, 0.6) is 0 Å². The van der Waals surface area contributed by atoms with Crippen LogP contribution in [0.1, 0.15) is 12.5 Å². The van der Waals surface area contributed by atoms with Crippen molar-refractivity contribution in [1.29, 1.82) is 5.26 Å². The van der Waals surface area contributed by atoms with Crippen LogP contribution in [0.2, 0.25) is 0 Å². The number of aromatic nitrogens is 1. The Balaban J connectivity index is 1.85. The van der Waals surface area contributed by atoms with Crippen molar-refractivity contribution >= 4 is 15.8 Å². The van der Waals surface area contributed by atoms with Gasteiger partial charge in [-0.1, -0.05) is 0 Å². The molecule has 0 saturated carbocycles. The molecule has 1 N–H and O–H groups in total. The van der Waals surface area contributed by atoms with E-state index in [9.17, 15) is 8.42 Å². The summed E-state index contributed by atoms with van der Waals surface area (Å²) in [6.45, 7) is 3.35.